The molecule has 0 aliphatic carbocycles. The number of thiocarbonyl (C=S) groups is 1. The molecule has 0 aromatic carbocycles. The van der Waals surface area contributed by atoms with Crippen LogP contribution >= 0.6 is 12.2 Å². The fraction of sp³-hybridized carbons (Fsp3) is 0.273. The summed E-state index contributed by atoms with van der Waals surface area (Å²) in [6, 6.07) is 3.71. The van der Waals surface area contributed by atoms with Crippen molar-refractivity contribution < 1.29 is 0 Å². The maximum atomic E-state index is 5.53. The van der Waals surface area contributed by atoms with Crippen molar-refractivity contribution in [2.75, 3.05) is 11.9 Å². The van der Waals surface area contributed by atoms with E-state index in [1.54, 1.807) is 12.5 Å². The summed E-state index contributed by atoms with van der Waals surface area (Å²) >= 11 is 4.88. The van der Waals surface area contributed by atoms with Crippen molar-refractivity contribution in [1.82, 2.24) is 19.7 Å². The summed E-state index contributed by atoms with van der Waals surface area (Å²) in [5.41, 5.74) is 7.09. The molecule has 0 unspecified atom stereocenters. The van der Waals surface area contributed by atoms with Crippen LogP contribution in [0.1, 0.15) is 11.5 Å². The molecule has 0 bridgehead atoms. The molecule has 7 heteroatoms. The third-order valence-corrected chi connectivity index (χ3v) is 2.70. The van der Waals surface area contributed by atoms with Gasteiger partial charge in [0.2, 0.25) is 0 Å². The highest BCUT2D eigenvalue weighted by Crippen LogP contribution is 2.08. The number of nitrogens with two attached hydrogens (primary N) is 1. The van der Waals surface area contributed by atoms with Crippen molar-refractivity contribution in [3.05, 3.63) is 36.2 Å². The monoisotopic (exact) mass is 262 g/mol. The van der Waals surface area contributed by atoms with E-state index in [-0.39, 0.29) is 0 Å². The Morgan fingerprint density at radius 2 is 2.39 bits per heavy atom. The third-order valence-electron chi connectivity index (χ3n) is 2.50. The zero-order valence-electron chi connectivity index (χ0n) is 10.00. The predicted octanol–water partition coefficient (Wildman–Crippen LogP) is 0.499. The first-order valence-electron chi connectivity index (χ1n) is 5.49. The zero-order valence-corrected chi connectivity index (χ0v) is 10.8. The lowest BCUT2D eigenvalue weighted by Gasteiger charge is -2.07. The standard InChI is InChI=1S/C11H14N6S/c1-17-7-15-16-10(17)3-5-13-8-2-4-14-9(6-8)11(12)18/h2,4,6-7H,3,5H2,1H3,(H2,12,18)(H,13,14). The number of aromatic nitrogens is 4. The van der Waals surface area contributed by atoms with Gasteiger partial charge in [-0.05, 0) is 12.1 Å². The molecule has 0 aliphatic heterocycles. The molecule has 0 spiro atoms. The van der Waals surface area contributed by atoms with Crippen molar-refractivity contribution in [1.29, 1.82) is 0 Å². The lowest BCUT2D eigenvalue weighted by atomic mass is 10.3. The maximum Gasteiger partial charge on any atom is 0.134 e. The van der Waals surface area contributed by atoms with Gasteiger partial charge in [0.05, 0.1) is 5.69 Å². The first-order valence-corrected chi connectivity index (χ1v) is 5.90. The van der Waals surface area contributed by atoms with Crippen molar-refractivity contribution >= 4 is 22.9 Å². The van der Waals surface area contributed by atoms with Crippen LogP contribution in [-0.2, 0) is 13.5 Å². The van der Waals surface area contributed by atoms with Gasteiger partial charge in [-0.25, -0.2) is 0 Å². The van der Waals surface area contributed by atoms with E-state index in [2.05, 4.69) is 20.5 Å². The highest BCUT2D eigenvalue weighted by molar-refractivity contribution is 7.80. The second-order valence-corrected chi connectivity index (χ2v) is 4.27. The number of nitrogens with zero attached hydrogens (tertiary/aromatic N) is 4. The highest BCUT2D eigenvalue weighted by atomic mass is 32.1. The molecular formula is C11H14N6S. The molecule has 0 aliphatic rings. The second kappa shape index (κ2) is 5.54. The van der Waals surface area contributed by atoms with E-state index >= 15 is 0 Å². The van der Waals surface area contributed by atoms with Gasteiger partial charge >= 0.3 is 0 Å². The molecule has 0 saturated heterocycles. The smallest absolute Gasteiger partial charge is 0.134 e. The fourth-order valence-electron chi connectivity index (χ4n) is 1.53. The van der Waals surface area contributed by atoms with Gasteiger partial charge in [-0.3, -0.25) is 4.98 Å². The maximum absolute atomic E-state index is 5.53. The van der Waals surface area contributed by atoms with Gasteiger partial charge in [0.25, 0.3) is 0 Å². The summed E-state index contributed by atoms with van der Waals surface area (Å²) in [7, 11) is 1.92. The van der Waals surface area contributed by atoms with Gasteiger partial charge in [-0.15, -0.1) is 10.2 Å². The molecule has 18 heavy (non-hydrogen) atoms. The molecule has 0 saturated carbocycles. The van der Waals surface area contributed by atoms with Gasteiger partial charge < -0.3 is 15.6 Å². The minimum absolute atomic E-state index is 0.298. The van der Waals surface area contributed by atoms with Crippen molar-refractivity contribution in [2.45, 2.75) is 6.42 Å². The Morgan fingerprint density at radius 3 is 3.06 bits per heavy atom. The molecule has 0 fully saturated rings. The van der Waals surface area contributed by atoms with Crippen LogP contribution < -0.4 is 11.1 Å². The van der Waals surface area contributed by atoms with Gasteiger partial charge in [-0.1, -0.05) is 12.2 Å². The predicted molar refractivity (Wildman–Crippen MR) is 73.3 cm³/mol. The Kier molecular flexibility index (Phi) is 3.83. The topological polar surface area (TPSA) is 81.7 Å². The van der Waals surface area contributed by atoms with E-state index in [1.165, 1.54) is 0 Å². The Labute approximate surface area is 110 Å². The number of nitrogens with one attached hydrogen (secondary N) is 1. The lowest BCUT2D eigenvalue weighted by molar-refractivity contribution is 0.788. The van der Waals surface area contributed by atoms with E-state index in [9.17, 15) is 0 Å². The number of aryl methyl sites for hydroxylation is 1. The summed E-state index contributed by atoms with van der Waals surface area (Å²) in [5.74, 6) is 0.936. The molecule has 2 aromatic rings. The van der Waals surface area contributed by atoms with E-state index < -0.39 is 0 Å². The number of rotatable bonds is 5. The molecule has 6 nitrogen and oxygen atoms in total. The summed E-state index contributed by atoms with van der Waals surface area (Å²) in [6.45, 7) is 0.757. The number of hydrogen-bond acceptors (Lipinski definition) is 5. The number of hydrogen-bond donors (Lipinski definition) is 2. The third kappa shape index (κ3) is 3.01. The first kappa shape index (κ1) is 12.4. The lowest BCUT2D eigenvalue weighted by Crippen LogP contribution is -2.13. The van der Waals surface area contributed by atoms with Crippen LogP contribution in [0.3, 0.4) is 0 Å². The SMILES string of the molecule is Cn1cnnc1CCNc1ccnc(C(N)=S)c1. The largest absolute Gasteiger partial charge is 0.388 e. The van der Waals surface area contributed by atoms with Crippen molar-refractivity contribution in [3.8, 4) is 0 Å². The average Bonchev–Trinajstić information content (AvgIpc) is 2.76. The normalized spacial score (nSPS) is 10.3. The summed E-state index contributed by atoms with van der Waals surface area (Å²) < 4.78 is 1.90. The summed E-state index contributed by atoms with van der Waals surface area (Å²) in [5, 5.41) is 11.1. The Hall–Kier alpha value is -2.02. The number of anilines is 1. The van der Waals surface area contributed by atoms with E-state index in [0.29, 0.717) is 10.7 Å². The summed E-state index contributed by atoms with van der Waals surface area (Å²) in [6.07, 6.45) is 4.16. The Bertz CT molecular complexity index is 550. The van der Waals surface area contributed by atoms with E-state index in [1.807, 2.05) is 23.7 Å². The van der Waals surface area contributed by atoms with Crippen LogP contribution in [0.2, 0.25) is 0 Å². The van der Waals surface area contributed by atoms with Gasteiger partial charge in [0, 0.05) is 31.9 Å². The van der Waals surface area contributed by atoms with E-state index in [4.69, 9.17) is 18.0 Å². The van der Waals surface area contributed by atoms with E-state index in [0.717, 1.165) is 24.5 Å². The average molecular weight is 262 g/mol. The van der Waals surface area contributed by atoms with Gasteiger partial charge in [0.1, 0.15) is 17.1 Å². The minimum Gasteiger partial charge on any atom is -0.388 e. The van der Waals surface area contributed by atoms with Crippen LogP contribution in [0.15, 0.2) is 24.7 Å². The molecule has 0 radical (unpaired) electrons. The molecule has 2 heterocycles. The Balaban J connectivity index is 1.92. The molecule has 0 amide bonds. The van der Waals surface area contributed by atoms with Crippen molar-refractivity contribution in [3.63, 3.8) is 0 Å². The molecule has 3 N–H and O–H groups in total. The van der Waals surface area contributed by atoms with Crippen LogP contribution in [0.5, 0.6) is 0 Å². The molecule has 94 valence electrons. The van der Waals surface area contributed by atoms with Crippen LogP contribution in [0.4, 0.5) is 5.69 Å². The summed E-state index contributed by atoms with van der Waals surface area (Å²) in [4.78, 5) is 4.38. The number of pyridine rings is 1. The quantitative estimate of drug-likeness (QED) is 0.764. The molecular weight excluding hydrogens is 248 g/mol. The first-order chi connectivity index (χ1) is 8.66. The van der Waals surface area contributed by atoms with Crippen LogP contribution in [0, 0.1) is 0 Å². The molecule has 0 atom stereocenters. The van der Waals surface area contributed by atoms with Crippen molar-refractivity contribution in [2.24, 2.45) is 12.8 Å². The minimum atomic E-state index is 0.298. The highest BCUT2D eigenvalue weighted by Gasteiger charge is 2.02. The van der Waals surface area contributed by atoms with Gasteiger partial charge in [0.15, 0.2) is 0 Å². The molecule has 2 rings (SSSR count). The fourth-order valence-corrected chi connectivity index (χ4v) is 1.64. The molecule has 2 aromatic heterocycles. The van der Waals surface area contributed by atoms with Gasteiger partial charge in [-0.2, -0.15) is 0 Å². The zero-order chi connectivity index (χ0) is 13.0. The van der Waals surface area contributed by atoms with Crippen LogP contribution in [0.25, 0.3) is 0 Å². The Morgan fingerprint density at radius 1 is 1.56 bits per heavy atom. The van der Waals surface area contributed by atoms with Crippen LogP contribution in [-0.4, -0.2) is 31.3 Å². The second-order valence-electron chi connectivity index (χ2n) is 3.83.